The molecule has 110 valence electrons. The number of fused-ring (bicyclic) bond motifs is 1. The first-order valence-corrected chi connectivity index (χ1v) is 7.75. The summed E-state index contributed by atoms with van der Waals surface area (Å²) in [6.45, 7) is 2.41. The second-order valence-corrected chi connectivity index (χ2v) is 6.01. The Hall–Kier alpha value is -1.22. The summed E-state index contributed by atoms with van der Waals surface area (Å²) in [5.74, 6) is 0.627. The first kappa shape index (κ1) is 14.7. The average Bonchev–Trinajstić information content (AvgIpc) is 2.44. The summed E-state index contributed by atoms with van der Waals surface area (Å²) in [5, 5.41) is 11.6. The summed E-state index contributed by atoms with van der Waals surface area (Å²) in [7, 11) is 0. The number of aliphatic hydroxyl groups is 1. The highest BCUT2D eigenvalue weighted by atomic mass is 35.5. The molecule has 0 saturated heterocycles. The molecule has 2 nitrogen and oxygen atoms in total. The van der Waals surface area contributed by atoms with Gasteiger partial charge < -0.3 is 9.84 Å². The molecule has 0 bridgehead atoms. The van der Waals surface area contributed by atoms with Gasteiger partial charge in [0.15, 0.2) is 0 Å². The van der Waals surface area contributed by atoms with Crippen LogP contribution in [-0.4, -0.2) is 11.7 Å². The lowest BCUT2D eigenvalue weighted by molar-refractivity contribution is 0.134. The molecular weight excluding hydrogens is 307 g/mol. The Morgan fingerprint density at radius 3 is 2.71 bits per heavy atom. The third-order valence-electron chi connectivity index (χ3n) is 3.95. The van der Waals surface area contributed by atoms with E-state index in [1.54, 1.807) is 12.1 Å². The second kappa shape index (κ2) is 5.88. The van der Waals surface area contributed by atoms with Gasteiger partial charge in [0.25, 0.3) is 0 Å². The van der Waals surface area contributed by atoms with E-state index in [1.807, 2.05) is 19.1 Å². The van der Waals surface area contributed by atoms with Crippen molar-refractivity contribution in [3.63, 3.8) is 0 Å². The average molecular weight is 323 g/mol. The van der Waals surface area contributed by atoms with E-state index >= 15 is 0 Å². The maximum atomic E-state index is 10.6. The molecular formula is C17H16Cl2O2. The number of ether oxygens (including phenoxy) is 1. The molecule has 0 aromatic heterocycles. The molecule has 0 saturated carbocycles. The molecule has 0 spiro atoms. The predicted molar refractivity (Wildman–Crippen MR) is 85.5 cm³/mol. The van der Waals surface area contributed by atoms with E-state index in [0.717, 1.165) is 6.42 Å². The second-order valence-electron chi connectivity index (χ2n) is 5.19. The standard InChI is InChI=1S/C17H16Cl2O2/c1-2-21-16-9-14(18)13(8-15(16)19)17(20)12-7-10-5-3-4-6-11(10)12/h3-6,8-9,12,17,20H,2,7H2,1H3. The Labute approximate surface area is 134 Å². The molecule has 0 radical (unpaired) electrons. The zero-order valence-corrected chi connectivity index (χ0v) is 13.2. The van der Waals surface area contributed by atoms with Crippen LogP contribution in [0.1, 0.15) is 35.6 Å². The molecule has 0 heterocycles. The van der Waals surface area contributed by atoms with Gasteiger partial charge in [-0.3, -0.25) is 0 Å². The Morgan fingerprint density at radius 2 is 2.00 bits per heavy atom. The number of hydrogen-bond donors (Lipinski definition) is 1. The van der Waals surface area contributed by atoms with Gasteiger partial charge in [0.1, 0.15) is 5.75 Å². The van der Waals surface area contributed by atoms with E-state index in [4.69, 9.17) is 27.9 Å². The van der Waals surface area contributed by atoms with Crippen molar-refractivity contribution in [3.05, 3.63) is 63.1 Å². The number of benzene rings is 2. The highest BCUT2D eigenvalue weighted by Gasteiger charge is 2.33. The van der Waals surface area contributed by atoms with Crippen LogP contribution < -0.4 is 4.74 Å². The fraction of sp³-hybridized carbons (Fsp3) is 0.294. The van der Waals surface area contributed by atoms with Gasteiger partial charge >= 0.3 is 0 Å². The molecule has 2 atom stereocenters. The molecule has 0 aliphatic heterocycles. The van der Waals surface area contributed by atoms with Crippen molar-refractivity contribution in [2.24, 2.45) is 0 Å². The van der Waals surface area contributed by atoms with Crippen LogP contribution in [0.15, 0.2) is 36.4 Å². The molecule has 0 amide bonds. The molecule has 1 aliphatic carbocycles. The van der Waals surface area contributed by atoms with Crippen LogP contribution in [0, 0.1) is 0 Å². The van der Waals surface area contributed by atoms with Gasteiger partial charge in [-0.1, -0.05) is 47.5 Å². The minimum absolute atomic E-state index is 0.0766. The predicted octanol–water partition coefficient (Wildman–Crippen LogP) is 4.77. The van der Waals surface area contributed by atoms with E-state index in [9.17, 15) is 5.11 Å². The number of rotatable bonds is 4. The van der Waals surface area contributed by atoms with Crippen molar-refractivity contribution < 1.29 is 9.84 Å². The number of hydrogen-bond acceptors (Lipinski definition) is 2. The maximum absolute atomic E-state index is 10.6. The van der Waals surface area contributed by atoms with Crippen molar-refractivity contribution in [1.29, 1.82) is 0 Å². The first-order valence-electron chi connectivity index (χ1n) is 6.99. The van der Waals surface area contributed by atoms with E-state index in [2.05, 4.69) is 12.1 Å². The van der Waals surface area contributed by atoms with Gasteiger partial charge in [0, 0.05) is 17.5 Å². The normalized spacial score (nSPS) is 17.8. The first-order chi connectivity index (χ1) is 10.1. The highest BCUT2D eigenvalue weighted by Crippen LogP contribution is 2.46. The molecule has 0 fully saturated rings. The molecule has 21 heavy (non-hydrogen) atoms. The van der Waals surface area contributed by atoms with Crippen molar-refractivity contribution in [3.8, 4) is 5.75 Å². The third-order valence-corrected chi connectivity index (χ3v) is 4.57. The molecule has 1 N–H and O–H groups in total. The largest absolute Gasteiger partial charge is 0.492 e. The fourth-order valence-electron chi connectivity index (χ4n) is 2.83. The lowest BCUT2D eigenvalue weighted by atomic mass is 9.73. The van der Waals surface area contributed by atoms with Crippen LogP contribution in [0.5, 0.6) is 5.75 Å². The van der Waals surface area contributed by atoms with E-state index in [0.29, 0.717) is 28.0 Å². The van der Waals surface area contributed by atoms with Gasteiger partial charge in [0.05, 0.1) is 22.8 Å². The van der Waals surface area contributed by atoms with Gasteiger partial charge in [-0.25, -0.2) is 0 Å². The van der Waals surface area contributed by atoms with Crippen LogP contribution in [0.2, 0.25) is 10.0 Å². The third kappa shape index (κ3) is 2.64. The Bertz CT molecular complexity index is 670. The molecule has 2 aromatic carbocycles. The van der Waals surface area contributed by atoms with Gasteiger partial charge in [0.2, 0.25) is 0 Å². The summed E-state index contributed by atoms with van der Waals surface area (Å²) in [6.07, 6.45) is 0.207. The van der Waals surface area contributed by atoms with Crippen LogP contribution in [0.25, 0.3) is 0 Å². The Kier molecular flexibility index (Phi) is 4.12. The van der Waals surface area contributed by atoms with Gasteiger partial charge in [-0.15, -0.1) is 0 Å². The van der Waals surface area contributed by atoms with Crippen LogP contribution in [0.4, 0.5) is 0 Å². The lowest BCUT2D eigenvalue weighted by Gasteiger charge is -2.34. The molecule has 1 aliphatic rings. The summed E-state index contributed by atoms with van der Waals surface area (Å²) < 4.78 is 5.41. The van der Waals surface area contributed by atoms with Gasteiger partial charge in [-0.2, -0.15) is 0 Å². The Morgan fingerprint density at radius 1 is 1.24 bits per heavy atom. The lowest BCUT2D eigenvalue weighted by Crippen LogP contribution is -2.23. The fourth-order valence-corrected chi connectivity index (χ4v) is 3.32. The van der Waals surface area contributed by atoms with Crippen molar-refractivity contribution in [2.75, 3.05) is 6.61 Å². The van der Waals surface area contributed by atoms with Crippen molar-refractivity contribution >= 4 is 23.2 Å². The van der Waals surface area contributed by atoms with Crippen LogP contribution >= 0.6 is 23.2 Å². The quantitative estimate of drug-likeness (QED) is 0.878. The van der Waals surface area contributed by atoms with Crippen molar-refractivity contribution in [1.82, 2.24) is 0 Å². The molecule has 2 aromatic rings. The van der Waals surface area contributed by atoms with E-state index in [-0.39, 0.29) is 5.92 Å². The maximum Gasteiger partial charge on any atom is 0.139 e. The summed E-state index contributed by atoms with van der Waals surface area (Å²) in [6, 6.07) is 11.5. The Balaban J connectivity index is 1.89. The number of aliphatic hydroxyl groups excluding tert-OH is 1. The SMILES string of the molecule is CCOc1cc(Cl)c(C(O)C2Cc3ccccc32)cc1Cl. The molecule has 2 unspecified atom stereocenters. The number of halogens is 2. The topological polar surface area (TPSA) is 29.5 Å². The van der Waals surface area contributed by atoms with Crippen LogP contribution in [-0.2, 0) is 6.42 Å². The molecule has 3 rings (SSSR count). The summed E-state index contributed by atoms with van der Waals surface area (Å²) >= 11 is 12.5. The minimum Gasteiger partial charge on any atom is -0.492 e. The summed E-state index contributed by atoms with van der Waals surface area (Å²) in [5.41, 5.74) is 3.13. The van der Waals surface area contributed by atoms with Crippen LogP contribution in [0.3, 0.4) is 0 Å². The highest BCUT2D eigenvalue weighted by molar-refractivity contribution is 6.34. The zero-order valence-electron chi connectivity index (χ0n) is 11.6. The minimum atomic E-state index is -0.652. The van der Waals surface area contributed by atoms with Crippen molar-refractivity contribution in [2.45, 2.75) is 25.4 Å². The molecule has 4 heteroatoms. The summed E-state index contributed by atoms with van der Waals surface area (Å²) in [4.78, 5) is 0. The monoisotopic (exact) mass is 322 g/mol. The zero-order chi connectivity index (χ0) is 15.0. The van der Waals surface area contributed by atoms with Gasteiger partial charge in [-0.05, 0) is 30.5 Å². The van der Waals surface area contributed by atoms with E-state index < -0.39 is 6.10 Å². The van der Waals surface area contributed by atoms with E-state index in [1.165, 1.54) is 11.1 Å². The smallest absolute Gasteiger partial charge is 0.139 e.